The molecule has 1 aliphatic heterocycles. The predicted molar refractivity (Wildman–Crippen MR) is 83.6 cm³/mol. The third-order valence-corrected chi connectivity index (χ3v) is 4.56. The van der Waals surface area contributed by atoms with Crippen molar-refractivity contribution in [1.82, 2.24) is 9.88 Å². The Bertz CT molecular complexity index is 392. The minimum absolute atomic E-state index is 0.582. The zero-order valence-corrected chi connectivity index (χ0v) is 13.2. The van der Waals surface area contributed by atoms with Gasteiger partial charge >= 0.3 is 0 Å². The number of likely N-dealkylation sites (tertiary alicyclic amines) is 1. The largest absolute Gasteiger partial charge is 0.296 e. The second kappa shape index (κ2) is 7.30. The zero-order chi connectivity index (χ0) is 13.7. The van der Waals surface area contributed by atoms with Gasteiger partial charge in [0.25, 0.3) is 0 Å². The van der Waals surface area contributed by atoms with Crippen LogP contribution < -0.4 is 0 Å². The standard InChI is InChI=1S/C16H26N2S/c1-4-19-16-14(8-7-10-17-16)15-9-5-6-11-18(15)12-13(2)3/h7-8,10,13,15H,4-6,9,11-12H2,1-3H3. The quantitative estimate of drug-likeness (QED) is 0.744. The summed E-state index contributed by atoms with van der Waals surface area (Å²) in [5.74, 6) is 1.83. The highest BCUT2D eigenvalue weighted by Crippen LogP contribution is 2.35. The number of hydrogen-bond acceptors (Lipinski definition) is 3. The van der Waals surface area contributed by atoms with Crippen LogP contribution in [0.1, 0.15) is 51.6 Å². The fraction of sp³-hybridized carbons (Fsp3) is 0.688. The van der Waals surface area contributed by atoms with Crippen molar-refractivity contribution in [3.8, 4) is 0 Å². The van der Waals surface area contributed by atoms with E-state index < -0.39 is 0 Å². The molecule has 1 aliphatic rings. The summed E-state index contributed by atoms with van der Waals surface area (Å²) in [7, 11) is 0. The third kappa shape index (κ3) is 3.96. The van der Waals surface area contributed by atoms with Crippen LogP contribution in [0.2, 0.25) is 0 Å². The molecule has 0 spiro atoms. The van der Waals surface area contributed by atoms with Gasteiger partial charge in [-0.3, -0.25) is 4.90 Å². The molecule has 1 unspecified atom stereocenters. The van der Waals surface area contributed by atoms with Crippen molar-refractivity contribution in [2.75, 3.05) is 18.8 Å². The molecule has 2 rings (SSSR count). The van der Waals surface area contributed by atoms with E-state index in [1.807, 2.05) is 18.0 Å². The Hall–Kier alpha value is -0.540. The van der Waals surface area contributed by atoms with Gasteiger partial charge in [-0.25, -0.2) is 4.98 Å². The predicted octanol–water partition coefficient (Wildman–Crippen LogP) is 4.38. The summed E-state index contributed by atoms with van der Waals surface area (Å²) in [5.41, 5.74) is 1.45. The second-order valence-electron chi connectivity index (χ2n) is 5.73. The molecule has 1 aromatic rings. The average molecular weight is 278 g/mol. The number of nitrogens with zero attached hydrogens (tertiary/aromatic N) is 2. The Kier molecular flexibility index (Phi) is 5.71. The van der Waals surface area contributed by atoms with E-state index in [9.17, 15) is 0 Å². The normalized spacial score (nSPS) is 20.9. The molecule has 0 aliphatic carbocycles. The summed E-state index contributed by atoms with van der Waals surface area (Å²) in [6.07, 6.45) is 5.91. The fourth-order valence-corrected chi connectivity index (χ4v) is 3.72. The Morgan fingerprint density at radius 1 is 1.42 bits per heavy atom. The fourth-order valence-electron chi connectivity index (χ4n) is 2.94. The molecule has 2 heterocycles. The van der Waals surface area contributed by atoms with Gasteiger partial charge in [0.1, 0.15) is 5.03 Å². The van der Waals surface area contributed by atoms with E-state index in [0.717, 1.165) is 11.7 Å². The number of rotatable bonds is 5. The number of pyridine rings is 1. The van der Waals surface area contributed by atoms with E-state index >= 15 is 0 Å². The van der Waals surface area contributed by atoms with E-state index in [-0.39, 0.29) is 0 Å². The van der Waals surface area contributed by atoms with Crippen LogP contribution >= 0.6 is 11.8 Å². The van der Waals surface area contributed by atoms with Crippen LogP contribution in [0.25, 0.3) is 0 Å². The molecule has 0 bridgehead atoms. The number of thioether (sulfide) groups is 1. The summed E-state index contributed by atoms with van der Waals surface area (Å²) in [6.45, 7) is 9.28. The van der Waals surface area contributed by atoms with Gasteiger partial charge in [-0.05, 0) is 37.1 Å². The van der Waals surface area contributed by atoms with Gasteiger partial charge in [-0.15, -0.1) is 11.8 Å². The summed E-state index contributed by atoms with van der Waals surface area (Å²) >= 11 is 1.88. The molecule has 2 nitrogen and oxygen atoms in total. The first-order valence-electron chi connectivity index (χ1n) is 7.54. The molecule has 106 valence electrons. The number of aromatic nitrogens is 1. The Morgan fingerprint density at radius 3 is 3.00 bits per heavy atom. The molecule has 1 saturated heterocycles. The van der Waals surface area contributed by atoms with Gasteiger partial charge in [0.2, 0.25) is 0 Å². The average Bonchev–Trinajstić information content (AvgIpc) is 2.40. The first-order valence-corrected chi connectivity index (χ1v) is 8.52. The highest BCUT2D eigenvalue weighted by Gasteiger charge is 2.26. The Morgan fingerprint density at radius 2 is 2.26 bits per heavy atom. The molecule has 0 saturated carbocycles. The van der Waals surface area contributed by atoms with E-state index in [4.69, 9.17) is 0 Å². The number of hydrogen-bond donors (Lipinski definition) is 0. The molecule has 1 atom stereocenters. The first-order chi connectivity index (χ1) is 9.22. The molecule has 0 radical (unpaired) electrons. The molecule has 0 N–H and O–H groups in total. The molecular formula is C16H26N2S. The van der Waals surface area contributed by atoms with Crippen LogP contribution in [0.3, 0.4) is 0 Å². The van der Waals surface area contributed by atoms with Gasteiger partial charge < -0.3 is 0 Å². The van der Waals surface area contributed by atoms with Crippen LogP contribution in [0.15, 0.2) is 23.4 Å². The Labute approximate surface area is 122 Å². The highest BCUT2D eigenvalue weighted by molar-refractivity contribution is 7.99. The Balaban J connectivity index is 2.21. The summed E-state index contributed by atoms with van der Waals surface area (Å²) in [4.78, 5) is 7.27. The minimum Gasteiger partial charge on any atom is -0.296 e. The molecule has 0 amide bonds. The monoisotopic (exact) mass is 278 g/mol. The minimum atomic E-state index is 0.582. The smallest absolute Gasteiger partial charge is 0.101 e. The van der Waals surface area contributed by atoms with Gasteiger partial charge in [0.05, 0.1) is 0 Å². The van der Waals surface area contributed by atoms with Crippen molar-refractivity contribution < 1.29 is 0 Å². The lowest BCUT2D eigenvalue weighted by atomic mass is 9.95. The zero-order valence-electron chi connectivity index (χ0n) is 12.4. The van der Waals surface area contributed by atoms with Crippen molar-refractivity contribution in [3.05, 3.63) is 23.9 Å². The number of piperidine rings is 1. The molecule has 3 heteroatoms. The molecule has 0 aromatic carbocycles. The van der Waals surface area contributed by atoms with Crippen LogP contribution in [-0.2, 0) is 0 Å². The van der Waals surface area contributed by atoms with Gasteiger partial charge in [-0.2, -0.15) is 0 Å². The lowest BCUT2D eigenvalue weighted by Gasteiger charge is -2.37. The van der Waals surface area contributed by atoms with Crippen LogP contribution in [0, 0.1) is 5.92 Å². The van der Waals surface area contributed by atoms with Crippen LogP contribution in [0.5, 0.6) is 0 Å². The van der Waals surface area contributed by atoms with E-state index in [1.54, 1.807) is 0 Å². The maximum Gasteiger partial charge on any atom is 0.101 e. The van der Waals surface area contributed by atoms with Crippen molar-refractivity contribution in [2.24, 2.45) is 5.92 Å². The molecular weight excluding hydrogens is 252 g/mol. The molecule has 1 fully saturated rings. The molecule has 19 heavy (non-hydrogen) atoms. The van der Waals surface area contributed by atoms with Gasteiger partial charge in [-0.1, -0.05) is 33.3 Å². The van der Waals surface area contributed by atoms with Crippen LogP contribution in [-0.4, -0.2) is 28.7 Å². The lowest BCUT2D eigenvalue weighted by molar-refractivity contribution is 0.130. The SMILES string of the molecule is CCSc1ncccc1C1CCCCN1CC(C)C. The van der Waals surface area contributed by atoms with Crippen molar-refractivity contribution in [3.63, 3.8) is 0 Å². The topological polar surface area (TPSA) is 16.1 Å². The molecule has 1 aromatic heterocycles. The first kappa shape index (κ1) is 14.9. The summed E-state index contributed by atoms with van der Waals surface area (Å²) in [5, 5.41) is 1.24. The van der Waals surface area contributed by atoms with E-state index in [2.05, 4.69) is 42.8 Å². The van der Waals surface area contributed by atoms with Gasteiger partial charge in [0, 0.05) is 24.3 Å². The van der Waals surface area contributed by atoms with Crippen molar-refractivity contribution in [1.29, 1.82) is 0 Å². The van der Waals surface area contributed by atoms with Crippen molar-refractivity contribution >= 4 is 11.8 Å². The van der Waals surface area contributed by atoms with Gasteiger partial charge in [0.15, 0.2) is 0 Å². The third-order valence-electron chi connectivity index (χ3n) is 3.65. The summed E-state index contributed by atoms with van der Waals surface area (Å²) < 4.78 is 0. The summed E-state index contributed by atoms with van der Waals surface area (Å²) in [6, 6.07) is 4.96. The van der Waals surface area contributed by atoms with Crippen molar-refractivity contribution in [2.45, 2.75) is 51.1 Å². The highest BCUT2D eigenvalue weighted by atomic mass is 32.2. The maximum absolute atomic E-state index is 4.59. The maximum atomic E-state index is 4.59. The lowest BCUT2D eigenvalue weighted by Crippen LogP contribution is -2.36. The van der Waals surface area contributed by atoms with E-state index in [1.165, 1.54) is 42.9 Å². The van der Waals surface area contributed by atoms with Crippen LogP contribution in [0.4, 0.5) is 0 Å². The second-order valence-corrected chi connectivity index (χ2v) is 6.98. The van der Waals surface area contributed by atoms with E-state index in [0.29, 0.717) is 6.04 Å².